The first kappa shape index (κ1) is 13.3. The average molecular weight is 272 g/mol. The van der Waals surface area contributed by atoms with Crippen LogP contribution in [0, 0.1) is 0 Å². The summed E-state index contributed by atoms with van der Waals surface area (Å²) in [6, 6.07) is 8.42. The molecule has 0 radical (unpaired) electrons. The maximum Gasteiger partial charge on any atom is 0.137 e. The minimum Gasteiger partial charge on any atom is -0.379 e. The molecular formula is C15H20N4O. The van der Waals surface area contributed by atoms with Crippen LogP contribution >= 0.6 is 0 Å². The Hall–Kier alpha value is -1.72. The van der Waals surface area contributed by atoms with Crippen molar-refractivity contribution in [1.29, 1.82) is 0 Å². The van der Waals surface area contributed by atoms with E-state index in [9.17, 15) is 0 Å². The summed E-state index contributed by atoms with van der Waals surface area (Å²) >= 11 is 0. The molecule has 1 unspecified atom stereocenters. The van der Waals surface area contributed by atoms with Crippen LogP contribution in [0.4, 0.5) is 5.82 Å². The quantitative estimate of drug-likeness (QED) is 0.919. The van der Waals surface area contributed by atoms with Crippen LogP contribution in [0.25, 0.3) is 10.9 Å². The van der Waals surface area contributed by atoms with Crippen LogP contribution in [0.15, 0.2) is 30.6 Å². The Morgan fingerprint density at radius 2 is 2.05 bits per heavy atom. The number of benzene rings is 1. The van der Waals surface area contributed by atoms with Gasteiger partial charge in [0.15, 0.2) is 0 Å². The van der Waals surface area contributed by atoms with Crippen LogP contribution in [-0.2, 0) is 4.74 Å². The summed E-state index contributed by atoms with van der Waals surface area (Å²) in [6.45, 7) is 6.88. The summed E-state index contributed by atoms with van der Waals surface area (Å²) in [6.07, 6.45) is 1.62. The predicted octanol–water partition coefficient (Wildman–Crippen LogP) is 1.76. The van der Waals surface area contributed by atoms with Crippen LogP contribution in [0.1, 0.15) is 6.92 Å². The van der Waals surface area contributed by atoms with E-state index in [0.29, 0.717) is 6.04 Å². The molecule has 0 spiro atoms. The van der Waals surface area contributed by atoms with E-state index in [4.69, 9.17) is 4.74 Å². The third-order valence-electron chi connectivity index (χ3n) is 3.56. The van der Waals surface area contributed by atoms with Gasteiger partial charge in [-0.05, 0) is 19.1 Å². The molecule has 0 bridgehead atoms. The summed E-state index contributed by atoms with van der Waals surface area (Å²) in [5.41, 5.74) is 0.976. The van der Waals surface area contributed by atoms with Gasteiger partial charge in [-0.1, -0.05) is 12.1 Å². The van der Waals surface area contributed by atoms with Gasteiger partial charge in [-0.3, -0.25) is 4.90 Å². The number of rotatable bonds is 4. The first-order valence-corrected chi connectivity index (χ1v) is 7.09. The molecule has 0 saturated carbocycles. The standard InChI is InChI=1S/C15H20N4O/c1-12(10-19-6-8-20-9-7-19)18-15-13-4-2-3-5-14(13)16-11-17-15/h2-5,11-12H,6-10H2,1H3,(H,16,17,18). The van der Waals surface area contributed by atoms with E-state index in [0.717, 1.165) is 49.6 Å². The van der Waals surface area contributed by atoms with Crippen molar-refractivity contribution in [1.82, 2.24) is 14.9 Å². The highest BCUT2D eigenvalue weighted by Crippen LogP contribution is 2.19. The van der Waals surface area contributed by atoms with Crippen molar-refractivity contribution in [3.8, 4) is 0 Å². The zero-order valence-corrected chi connectivity index (χ0v) is 11.7. The molecule has 1 fully saturated rings. The molecule has 5 nitrogen and oxygen atoms in total. The smallest absolute Gasteiger partial charge is 0.137 e. The molecule has 20 heavy (non-hydrogen) atoms. The SMILES string of the molecule is CC(CN1CCOCC1)Nc1ncnc2ccccc12. The van der Waals surface area contributed by atoms with Gasteiger partial charge >= 0.3 is 0 Å². The number of aromatic nitrogens is 2. The maximum absolute atomic E-state index is 5.37. The van der Waals surface area contributed by atoms with Crippen molar-refractivity contribution >= 4 is 16.7 Å². The second-order valence-corrected chi connectivity index (χ2v) is 5.20. The highest BCUT2D eigenvalue weighted by atomic mass is 16.5. The maximum atomic E-state index is 5.37. The number of hydrogen-bond donors (Lipinski definition) is 1. The van der Waals surface area contributed by atoms with E-state index in [2.05, 4.69) is 33.2 Å². The lowest BCUT2D eigenvalue weighted by Gasteiger charge is -2.29. The topological polar surface area (TPSA) is 50.3 Å². The van der Waals surface area contributed by atoms with E-state index < -0.39 is 0 Å². The fourth-order valence-corrected chi connectivity index (χ4v) is 2.57. The third-order valence-corrected chi connectivity index (χ3v) is 3.56. The zero-order valence-electron chi connectivity index (χ0n) is 11.7. The minimum absolute atomic E-state index is 0.339. The van der Waals surface area contributed by atoms with Gasteiger partial charge in [-0.2, -0.15) is 0 Å². The molecule has 1 aliphatic heterocycles. The summed E-state index contributed by atoms with van der Waals surface area (Å²) < 4.78 is 5.37. The molecule has 106 valence electrons. The zero-order chi connectivity index (χ0) is 13.8. The lowest BCUT2D eigenvalue weighted by Crippen LogP contribution is -2.42. The van der Waals surface area contributed by atoms with Crippen LogP contribution < -0.4 is 5.32 Å². The van der Waals surface area contributed by atoms with Gasteiger partial charge in [0.05, 0.1) is 18.7 Å². The molecule has 1 aromatic carbocycles. The Kier molecular flexibility index (Phi) is 4.08. The molecule has 1 aromatic heterocycles. The molecule has 2 heterocycles. The number of nitrogens with one attached hydrogen (secondary N) is 1. The first-order chi connectivity index (χ1) is 9.83. The number of para-hydroxylation sites is 1. The van der Waals surface area contributed by atoms with Crippen molar-refractivity contribution in [2.75, 3.05) is 38.2 Å². The number of ether oxygens (including phenoxy) is 1. The highest BCUT2D eigenvalue weighted by Gasteiger charge is 2.14. The molecule has 1 atom stereocenters. The Labute approximate surface area is 119 Å². The second kappa shape index (κ2) is 6.15. The van der Waals surface area contributed by atoms with E-state index in [1.165, 1.54) is 0 Å². The van der Waals surface area contributed by atoms with Gasteiger partial charge in [0.1, 0.15) is 12.1 Å². The van der Waals surface area contributed by atoms with Gasteiger partial charge in [-0.25, -0.2) is 9.97 Å². The number of anilines is 1. The van der Waals surface area contributed by atoms with Crippen molar-refractivity contribution in [2.24, 2.45) is 0 Å². The number of fused-ring (bicyclic) bond motifs is 1. The van der Waals surface area contributed by atoms with Gasteiger partial charge in [0.25, 0.3) is 0 Å². The van der Waals surface area contributed by atoms with Gasteiger partial charge in [0.2, 0.25) is 0 Å². The summed E-state index contributed by atoms with van der Waals surface area (Å²) in [7, 11) is 0. The van der Waals surface area contributed by atoms with Crippen LogP contribution in [-0.4, -0.2) is 53.8 Å². The third kappa shape index (κ3) is 3.05. The molecule has 0 amide bonds. The molecular weight excluding hydrogens is 252 g/mol. The van der Waals surface area contributed by atoms with Gasteiger partial charge in [-0.15, -0.1) is 0 Å². The molecule has 3 rings (SSSR count). The second-order valence-electron chi connectivity index (χ2n) is 5.20. The minimum atomic E-state index is 0.339. The fraction of sp³-hybridized carbons (Fsp3) is 0.467. The summed E-state index contributed by atoms with van der Waals surface area (Å²) in [5, 5.41) is 4.57. The van der Waals surface area contributed by atoms with Gasteiger partial charge in [0, 0.05) is 31.1 Å². The van der Waals surface area contributed by atoms with Crippen molar-refractivity contribution in [2.45, 2.75) is 13.0 Å². The number of hydrogen-bond acceptors (Lipinski definition) is 5. The normalized spacial score (nSPS) is 18.1. The lowest BCUT2D eigenvalue weighted by atomic mass is 10.2. The van der Waals surface area contributed by atoms with E-state index in [1.54, 1.807) is 6.33 Å². The van der Waals surface area contributed by atoms with Crippen molar-refractivity contribution in [3.05, 3.63) is 30.6 Å². The Morgan fingerprint density at radius 1 is 1.25 bits per heavy atom. The molecule has 2 aromatic rings. The van der Waals surface area contributed by atoms with Crippen LogP contribution in [0.5, 0.6) is 0 Å². The first-order valence-electron chi connectivity index (χ1n) is 7.09. The van der Waals surface area contributed by atoms with Crippen LogP contribution in [0.3, 0.4) is 0 Å². The molecule has 1 saturated heterocycles. The Balaban J connectivity index is 1.69. The van der Waals surface area contributed by atoms with Crippen molar-refractivity contribution in [3.63, 3.8) is 0 Å². The average Bonchev–Trinajstić information content (AvgIpc) is 2.48. The predicted molar refractivity (Wildman–Crippen MR) is 79.9 cm³/mol. The fourth-order valence-electron chi connectivity index (χ4n) is 2.57. The monoisotopic (exact) mass is 272 g/mol. The van der Waals surface area contributed by atoms with E-state index in [1.807, 2.05) is 18.2 Å². The number of morpholine rings is 1. The lowest BCUT2D eigenvalue weighted by molar-refractivity contribution is 0.0368. The van der Waals surface area contributed by atoms with Crippen molar-refractivity contribution < 1.29 is 4.74 Å². The highest BCUT2D eigenvalue weighted by molar-refractivity contribution is 5.88. The Bertz CT molecular complexity index is 563. The molecule has 0 aliphatic carbocycles. The number of nitrogens with zero attached hydrogens (tertiary/aromatic N) is 3. The van der Waals surface area contributed by atoms with E-state index >= 15 is 0 Å². The van der Waals surface area contributed by atoms with Crippen LogP contribution in [0.2, 0.25) is 0 Å². The largest absolute Gasteiger partial charge is 0.379 e. The summed E-state index contributed by atoms with van der Waals surface area (Å²) in [4.78, 5) is 11.1. The Morgan fingerprint density at radius 3 is 2.90 bits per heavy atom. The van der Waals surface area contributed by atoms with Gasteiger partial charge < -0.3 is 10.1 Å². The molecule has 1 aliphatic rings. The molecule has 5 heteroatoms. The van der Waals surface area contributed by atoms with E-state index in [-0.39, 0.29) is 0 Å². The molecule has 1 N–H and O–H groups in total. The summed E-state index contributed by atoms with van der Waals surface area (Å²) in [5.74, 6) is 0.913.